The molecule has 0 aliphatic heterocycles. The minimum absolute atomic E-state index is 0.00547. The average molecular weight is 381 g/mol. The molecule has 2 aliphatic carbocycles. The van der Waals surface area contributed by atoms with Crippen molar-refractivity contribution in [2.75, 3.05) is 5.32 Å². The third-order valence-electron chi connectivity index (χ3n) is 4.74. The summed E-state index contributed by atoms with van der Waals surface area (Å²) in [4.78, 5) is 16.1. The molecule has 8 heteroatoms. The first kappa shape index (κ1) is 18.7. The van der Waals surface area contributed by atoms with Gasteiger partial charge in [-0.25, -0.2) is 14.2 Å². The first-order chi connectivity index (χ1) is 12.2. The number of nitriles is 1. The van der Waals surface area contributed by atoms with Gasteiger partial charge in [-0.05, 0) is 57.9 Å². The van der Waals surface area contributed by atoms with E-state index in [4.69, 9.17) is 21.6 Å². The molecular weight excluding hydrogens is 359 g/mol. The number of rotatable bonds is 3. The molecule has 1 aromatic heterocycles. The number of carbonyl (C=O) groups excluding carboxylic acids is 1. The van der Waals surface area contributed by atoms with E-state index in [1.165, 1.54) is 0 Å². The Morgan fingerprint density at radius 3 is 2.62 bits per heavy atom. The van der Waals surface area contributed by atoms with Crippen LogP contribution in [0.1, 0.15) is 45.6 Å². The van der Waals surface area contributed by atoms with Gasteiger partial charge in [0.25, 0.3) is 0 Å². The monoisotopic (exact) mass is 380 g/mol. The lowest BCUT2D eigenvalue weighted by Crippen LogP contribution is -2.50. The second kappa shape index (κ2) is 6.92. The molecule has 0 bridgehead atoms. The summed E-state index contributed by atoms with van der Waals surface area (Å²) in [5.41, 5.74) is -0.595. The highest BCUT2D eigenvalue weighted by molar-refractivity contribution is 6.30. The Hall–Kier alpha value is -2.07. The highest BCUT2D eigenvalue weighted by Gasteiger charge is 2.47. The minimum atomic E-state index is -0.639. The van der Waals surface area contributed by atoms with Crippen molar-refractivity contribution in [3.63, 3.8) is 0 Å². The largest absolute Gasteiger partial charge is 0.444 e. The number of hydrogen-bond acceptors (Lipinski definition) is 5. The number of aromatic nitrogens is 1. The number of ether oxygens (including phenoxy) is 1. The van der Waals surface area contributed by atoms with Gasteiger partial charge in [0, 0.05) is 6.04 Å². The Morgan fingerprint density at radius 2 is 2.00 bits per heavy atom. The van der Waals surface area contributed by atoms with Crippen LogP contribution in [0.5, 0.6) is 0 Å². The number of fused-ring (bicyclic) bond motifs is 1. The van der Waals surface area contributed by atoms with Crippen LogP contribution >= 0.6 is 11.6 Å². The molecule has 26 heavy (non-hydrogen) atoms. The van der Waals surface area contributed by atoms with Crippen LogP contribution in [-0.4, -0.2) is 28.8 Å². The van der Waals surface area contributed by atoms with E-state index in [1.807, 2.05) is 0 Å². The molecule has 140 valence electrons. The zero-order chi connectivity index (χ0) is 19.1. The molecule has 1 heterocycles. The van der Waals surface area contributed by atoms with E-state index < -0.39 is 17.5 Å². The van der Waals surface area contributed by atoms with E-state index in [1.54, 1.807) is 26.8 Å². The van der Waals surface area contributed by atoms with Crippen molar-refractivity contribution in [2.24, 2.45) is 11.8 Å². The van der Waals surface area contributed by atoms with E-state index in [-0.39, 0.29) is 28.6 Å². The number of hydrogen-bond donors (Lipinski definition) is 2. The van der Waals surface area contributed by atoms with Crippen molar-refractivity contribution in [2.45, 2.75) is 57.7 Å². The molecule has 2 unspecified atom stereocenters. The third kappa shape index (κ3) is 4.36. The molecule has 3 rings (SSSR count). The molecule has 4 atom stereocenters. The molecule has 1 aromatic rings. The van der Waals surface area contributed by atoms with Crippen LogP contribution in [0.4, 0.5) is 15.0 Å². The van der Waals surface area contributed by atoms with Gasteiger partial charge in [-0.3, -0.25) is 0 Å². The maximum atomic E-state index is 14.2. The zero-order valence-corrected chi connectivity index (χ0v) is 15.7. The van der Waals surface area contributed by atoms with Crippen molar-refractivity contribution in [1.29, 1.82) is 5.26 Å². The Kier molecular flexibility index (Phi) is 4.98. The summed E-state index contributed by atoms with van der Waals surface area (Å²) in [5, 5.41) is 14.8. The predicted octanol–water partition coefficient (Wildman–Crippen LogP) is 3.85. The Balaban J connectivity index is 1.73. The van der Waals surface area contributed by atoms with Crippen LogP contribution in [0, 0.1) is 29.0 Å². The lowest BCUT2D eigenvalue weighted by molar-refractivity contribution is 0.0487. The minimum Gasteiger partial charge on any atom is -0.444 e. The van der Waals surface area contributed by atoms with E-state index >= 15 is 0 Å². The second-order valence-electron chi connectivity index (χ2n) is 8.00. The quantitative estimate of drug-likeness (QED) is 0.778. The van der Waals surface area contributed by atoms with Gasteiger partial charge in [0.15, 0.2) is 11.6 Å². The van der Waals surface area contributed by atoms with E-state index in [0.717, 1.165) is 25.3 Å². The maximum absolute atomic E-state index is 14.2. The highest BCUT2D eigenvalue weighted by atomic mass is 35.5. The summed E-state index contributed by atoms with van der Waals surface area (Å²) in [5.74, 6) is 0.533. The number of pyridine rings is 1. The van der Waals surface area contributed by atoms with Gasteiger partial charge >= 0.3 is 6.09 Å². The van der Waals surface area contributed by atoms with Gasteiger partial charge < -0.3 is 15.4 Å². The molecule has 2 saturated carbocycles. The van der Waals surface area contributed by atoms with E-state index in [2.05, 4.69) is 15.6 Å². The maximum Gasteiger partial charge on any atom is 0.407 e. The van der Waals surface area contributed by atoms with Crippen LogP contribution in [0.25, 0.3) is 0 Å². The van der Waals surface area contributed by atoms with Gasteiger partial charge in [-0.1, -0.05) is 11.6 Å². The Bertz CT molecular complexity index is 759. The van der Waals surface area contributed by atoms with E-state index in [9.17, 15) is 9.18 Å². The summed E-state index contributed by atoms with van der Waals surface area (Å²) in [6.07, 6.45) is 2.26. The summed E-state index contributed by atoms with van der Waals surface area (Å²) in [7, 11) is 0. The average Bonchev–Trinajstić information content (AvgIpc) is 3.26. The smallest absolute Gasteiger partial charge is 0.407 e. The number of carbonyl (C=O) groups is 1. The van der Waals surface area contributed by atoms with Crippen LogP contribution < -0.4 is 10.6 Å². The van der Waals surface area contributed by atoms with Crippen molar-refractivity contribution < 1.29 is 13.9 Å². The molecule has 6 nitrogen and oxygen atoms in total. The summed E-state index contributed by atoms with van der Waals surface area (Å²) >= 11 is 5.92. The summed E-state index contributed by atoms with van der Waals surface area (Å²) < 4.78 is 19.6. The van der Waals surface area contributed by atoms with Gasteiger partial charge in [0.1, 0.15) is 16.8 Å². The Morgan fingerprint density at radius 1 is 1.35 bits per heavy atom. The van der Waals surface area contributed by atoms with Crippen molar-refractivity contribution in [1.82, 2.24) is 10.3 Å². The molecule has 0 aromatic carbocycles. The normalized spacial score (nSPS) is 27.1. The summed E-state index contributed by atoms with van der Waals surface area (Å²) in [6.45, 7) is 5.41. The van der Waals surface area contributed by atoms with Gasteiger partial charge in [-0.2, -0.15) is 5.26 Å². The topological polar surface area (TPSA) is 87.0 Å². The molecule has 0 radical (unpaired) electrons. The predicted molar refractivity (Wildman–Crippen MR) is 95.3 cm³/mol. The molecule has 2 fully saturated rings. The number of anilines is 1. The lowest BCUT2D eigenvalue weighted by Gasteiger charge is -2.33. The number of nitrogens with one attached hydrogen (secondary N) is 2. The van der Waals surface area contributed by atoms with Gasteiger partial charge in [0.2, 0.25) is 0 Å². The standard InChI is InChI=1S/C18H22ClFN4O2/c1-18(2,3)26-17(25)23-14-7-10-4-9(10)6-13(14)22-16-12(20)5-11(8-21)15(19)24-16/h5,9-10,13-14H,4,6-7H2,1-3H3,(H,22,24)(H,23,25)/t9?,10?,13-,14+/m1/s1. The fraction of sp³-hybridized carbons (Fsp3) is 0.611. The second-order valence-corrected chi connectivity index (χ2v) is 8.36. The van der Waals surface area contributed by atoms with Crippen LogP contribution in [0.3, 0.4) is 0 Å². The van der Waals surface area contributed by atoms with E-state index in [0.29, 0.717) is 11.8 Å². The number of amides is 1. The number of nitrogens with zero attached hydrogens (tertiary/aromatic N) is 2. The fourth-order valence-electron chi connectivity index (χ4n) is 3.47. The first-order valence-electron chi connectivity index (χ1n) is 8.68. The third-order valence-corrected chi connectivity index (χ3v) is 5.03. The fourth-order valence-corrected chi connectivity index (χ4v) is 3.65. The van der Waals surface area contributed by atoms with Crippen LogP contribution in [-0.2, 0) is 4.74 Å². The molecule has 2 N–H and O–H groups in total. The highest BCUT2D eigenvalue weighted by Crippen LogP contribution is 2.50. The molecular formula is C18H22ClFN4O2. The zero-order valence-electron chi connectivity index (χ0n) is 15.0. The van der Waals surface area contributed by atoms with Crippen LogP contribution in [0.15, 0.2) is 6.07 Å². The van der Waals surface area contributed by atoms with Crippen molar-refractivity contribution in [3.05, 3.63) is 22.6 Å². The van der Waals surface area contributed by atoms with Gasteiger partial charge in [0.05, 0.1) is 11.6 Å². The van der Waals surface area contributed by atoms with Crippen molar-refractivity contribution >= 4 is 23.5 Å². The Labute approximate surface area is 157 Å². The number of halogens is 2. The molecule has 2 aliphatic rings. The number of alkyl carbamates (subject to hydrolysis) is 1. The molecule has 0 saturated heterocycles. The summed E-state index contributed by atoms with van der Waals surface area (Å²) in [6, 6.07) is 2.49. The SMILES string of the molecule is CC(C)(C)OC(=O)N[C@H]1CC2CC2C[C@H]1Nc1nc(Cl)c(C#N)cc1F. The first-order valence-corrected chi connectivity index (χ1v) is 9.06. The van der Waals surface area contributed by atoms with Crippen molar-refractivity contribution in [3.8, 4) is 6.07 Å². The molecule has 1 amide bonds. The molecule has 0 spiro atoms. The lowest BCUT2D eigenvalue weighted by atomic mass is 9.90. The van der Waals surface area contributed by atoms with Gasteiger partial charge in [-0.15, -0.1) is 0 Å². The van der Waals surface area contributed by atoms with Crippen LogP contribution in [0.2, 0.25) is 5.15 Å².